The molecule has 1 heterocycles. The Morgan fingerprint density at radius 1 is 1.36 bits per heavy atom. The van der Waals surface area contributed by atoms with Gasteiger partial charge in [-0.2, -0.15) is 4.31 Å². The van der Waals surface area contributed by atoms with Gasteiger partial charge in [0.1, 0.15) is 10.6 Å². The van der Waals surface area contributed by atoms with Gasteiger partial charge < -0.3 is 20.5 Å². The number of sulfonamides is 1. The molecular formula is C15H24ClN3O5S. The van der Waals surface area contributed by atoms with Gasteiger partial charge in [0.15, 0.2) is 0 Å². The first-order chi connectivity index (χ1) is 11.5. The summed E-state index contributed by atoms with van der Waals surface area (Å²) < 4.78 is 37.4. The zero-order valence-corrected chi connectivity index (χ0v) is 15.7. The van der Waals surface area contributed by atoms with Crippen LogP contribution >= 0.6 is 12.4 Å². The maximum Gasteiger partial charge on any atom is 0.246 e. The molecule has 1 saturated heterocycles. The summed E-state index contributed by atoms with van der Waals surface area (Å²) in [6.45, 7) is 1.72. The fraction of sp³-hybridized carbons (Fsp3) is 0.533. The van der Waals surface area contributed by atoms with E-state index in [1.54, 1.807) is 6.07 Å². The molecule has 1 aromatic rings. The predicted molar refractivity (Wildman–Crippen MR) is 96.7 cm³/mol. The first-order valence-electron chi connectivity index (χ1n) is 7.75. The Bertz CT molecular complexity index is 678. The molecule has 0 bridgehead atoms. The summed E-state index contributed by atoms with van der Waals surface area (Å²) in [5.41, 5.74) is 5.79. The average Bonchev–Trinajstić information content (AvgIpc) is 2.60. The lowest BCUT2D eigenvalue weighted by atomic mass is 10.2. The Morgan fingerprint density at radius 3 is 2.64 bits per heavy atom. The molecule has 1 aliphatic rings. The highest BCUT2D eigenvalue weighted by atomic mass is 35.5. The topological polar surface area (TPSA) is 111 Å². The lowest BCUT2D eigenvalue weighted by Gasteiger charge is -2.26. The van der Waals surface area contributed by atoms with E-state index in [-0.39, 0.29) is 35.4 Å². The van der Waals surface area contributed by atoms with Crippen LogP contribution in [0.1, 0.15) is 12.8 Å². The van der Waals surface area contributed by atoms with Crippen LogP contribution in [0.5, 0.6) is 5.75 Å². The van der Waals surface area contributed by atoms with Gasteiger partial charge in [0.2, 0.25) is 15.9 Å². The van der Waals surface area contributed by atoms with E-state index in [2.05, 4.69) is 5.32 Å². The van der Waals surface area contributed by atoms with E-state index in [0.29, 0.717) is 45.0 Å². The third-order valence-electron chi connectivity index (χ3n) is 3.64. The van der Waals surface area contributed by atoms with Crippen molar-refractivity contribution in [2.75, 3.05) is 45.3 Å². The summed E-state index contributed by atoms with van der Waals surface area (Å²) >= 11 is 0. The number of nitrogens with zero attached hydrogens (tertiary/aromatic N) is 1. The molecule has 1 fully saturated rings. The van der Waals surface area contributed by atoms with E-state index < -0.39 is 10.0 Å². The van der Waals surface area contributed by atoms with Gasteiger partial charge in [0.25, 0.3) is 0 Å². The third kappa shape index (κ3) is 5.55. The Labute approximate surface area is 154 Å². The fourth-order valence-corrected chi connectivity index (χ4v) is 3.96. The van der Waals surface area contributed by atoms with Gasteiger partial charge >= 0.3 is 0 Å². The number of hydrogen-bond acceptors (Lipinski definition) is 6. The molecule has 0 atom stereocenters. The quantitative estimate of drug-likeness (QED) is 0.709. The smallest absolute Gasteiger partial charge is 0.246 e. The molecule has 142 valence electrons. The molecule has 1 aliphatic heterocycles. The number of methoxy groups -OCH3 is 1. The van der Waals surface area contributed by atoms with E-state index in [4.69, 9.17) is 15.2 Å². The number of nitrogens with one attached hydrogen (secondary N) is 1. The van der Waals surface area contributed by atoms with Crippen molar-refractivity contribution in [2.45, 2.75) is 17.7 Å². The minimum absolute atomic E-state index is 0. The normalized spacial score (nSPS) is 15.3. The molecule has 1 aromatic carbocycles. The van der Waals surface area contributed by atoms with Crippen molar-refractivity contribution < 1.29 is 22.7 Å². The number of nitrogens with two attached hydrogens (primary N) is 1. The summed E-state index contributed by atoms with van der Waals surface area (Å²) in [5, 5.41) is 2.69. The van der Waals surface area contributed by atoms with Crippen LogP contribution in [0.2, 0.25) is 0 Å². The third-order valence-corrected chi connectivity index (χ3v) is 5.56. The molecule has 25 heavy (non-hydrogen) atoms. The van der Waals surface area contributed by atoms with E-state index in [1.165, 1.54) is 23.5 Å². The summed E-state index contributed by atoms with van der Waals surface area (Å²) in [5.74, 6) is 0.0294. The number of carbonyl (C=O) groups is 1. The monoisotopic (exact) mass is 393 g/mol. The molecule has 8 nitrogen and oxygen atoms in total. The SMILES string of the molecule is COc1ccc(NC(=O)CCCN)cc1S(=O)(=O)N1CCOCC1.Cl. The van der Waals surface area contributed by atoms with Crippen LogP contribution < -0.4 is 15.8 Å². The summed E-state index contributed by atoms with van der Waals surface area (Å²) in [6.07, 6.45) is 0.856. The van der Waals surface area contributed by atoms with Crippen LogP contribution in [0.15, 0.2) is 23.1 Å². The number of amides is 1. The molecule has 0 aromatic heterocycles. The zero-order chi connectivity index (χ0) is 17.6. The minimum Gasteiger partial charge on any atom is -0.495 e. The number of rotatable bonds is 7. The van der Waals surface area contributed by atoms with Crippen molar-refractivity contribution in [1.82, 2.24) is 4.31 Å². The summed E-state index contributed by atoms with van der Waals surface area (Å²) in [7, 11) is -2.31. The number of ether oxygens (including phenoxy) is 2. The van der Waals surface area contributed by atoms with Gasteiger partial charge in [0, 0.05) is 25.2 Å². The van der Waals surface area contributed by atoms with Crippen LogP contribution in [0, 0.1) is 0 Å². The number of benzene rings is 1. The molecule has 2 rings (SSSR count). The number of hydrogen-bond donors (Lipinski definition) is 2. The lowest BCUT2D eigenvalue weighted by Crippen LogP contribution is -2.40. The lowest BCUT2D eigenvalue weighted by molar-refractivity contribution is -0.116. The highest BCUT2D eigenvalue weighted by Crippen LogP contribution is 2.30. The van der Waals surface area contributed by atoms with Crippen molar-refractivity contribution in [3.63, 3.8) is 0 Å². The highest BCUT2D eigenvalue weighted by molar-refractivity contribution is 7.89. The van der Waals surface area contributed by atoms with Crippen molar-refractivity contribution in [3.8, 4) is 5.75 Å². The Balaban J connectivity index is 0.00000312. The van der Waals surface area contributed by atoms with Crippen LogP contribution in [0.25, 0.3) is 0 Å². The molecule has 0 saturated carbocycles. The number of morpholine rings is 1. The largest absolute Gasteiger partial charge is 0.495 e. The van der Waals surface area contributed by atoms with Crippen LogP contribution in [0.4, 0.5) is 5.69 Å². The second kappa shape index (κ2) is 9.93. The number of anilines is 1. The van der Waals surface area contributed by atoms with Crippen LogP contribution in [0.3, 0.4) is 0 Å². The molecule has 0 unspecified atom stereocenters. The van der Waals surface area contributed by atoms with Gasteiger partial charge in [0.05, 0.1) is 20.3 Å². The van der Waals surface area contributed by atoms with E-state index in [1.807, 2.05) is 0 Å². The first kappa shape index (κ1) is 21.7. The predicted octanol–water partition coefficient (Wildman–Crippen LogP) is 0.815. The van der Waals surface area contributed by atoms with E-state index >= 15 is 0 Å². The van der Waals surface area contributed by atoms with Gasteiger partial charge in [-0.3, -0.25) is 4.79 Å². The molecule has 1 amide bonds. The van der Waals surface area contributed by atoms with Gasteiger partial charge in [-0.1, -0.05) is 0 Å². The number of carbonyl (C=O) groups excluding carboxylic acids is 1. The molecule has 3 N–H and O–H groups in total. The van der Waals surface area contributed by atoms with Gasteiger partial charge in [-0.15, -0.1) is 12.4 Å². The summed E-state index contributed by atoms with van der Waals surface area (Å²) in [4.78, 5) is 11.8. The fourth-order valence-electron chi connectivity index (χ4n) is 2.37. The van der Waals surface area contributed by atoms with E-state index in [0.717, 1.165) is 0 Å². The first-order valence-corrected chi connectivity index (χ1v) is 9.19. The van der Waals surface area contributed by atoms with E-state index in [9.17, 15) is 13.2 Å². The molecule has 0 spiro atoms. The van der Waals surface area contributed by atoms with Gasteiger partial charge in [-0.25, -0.2) is 8.42 Å². The molecule has 10 heteroatoms. The van der Waals surface area contributed by atoms with Gasteiger partial charge in [-0.05, 0) is 31.2 Å². The number of halogens is 1. The average molecular weight is 394 g/mol. The molecule has 0 aliphatic carbocycles. The Kier molecular flexibility index (Phi) is 8.60. The van der Waals surface area contributed by atoms with Crippen molar-refractivity contribution >= 4 is 34.0 Å². The maximum absolute atomic E-state index is 12.8. The second-order valence-corrected chi connectivity index (χ2v) is 7.23. The van der Waals surface area contributed by atoms with Crippen LogP contribution in [-0.4, -0.2) is 58.6 Å². The molecular weight excluding hydrogens is 370 g/mol. The highest BCUT2D eigenvalue weighted by Gasteiger charge is 2.29. The summed E-state index contributed by atoms with van der Waals surface area (Å²) in [6, 6.07) is 4.56. The van der Waals surface area contributed by atoms with Crippen molar-refractivity contribution in [2.24, 2.45) is 5.73 Å². The van der Waals surface area contributed by atoms with Crippen molar-refractivity contribution in [1.29, 1.82) is 0 Å². The maximum atomic E-state index is 12.8. The second-order valence-electron chi connectivity index (χ2n) is 5.32. The molecule has 0 radical (unpaired) electrons. The standard InChI is InChI=1S/C15H23N3O5S.ClH/c1-22-13-5-4-12(17-15(19)3-2-6-16)11-14(13)24(20,21)18-7-9-23-10-8-18;/h4-5,11H,2-3,6-10,16H2,1H3,(H,17,19);1H. The Morgan fingerprint density at radius 2 is 2.04 bits per heavy atom. The van der Waals surface area contributed by atoms with Crippen molar-refractivity contribution in [3.05, 3.63) is 18.2 Å². The zero-order valence-electron chi connectivity index (χ0n) is 14.1. The minimum atomic E-state index is -3.72. The Hall–Kier alpha value is -1.39. The van der Waals surface area contributed by atoms with Crippen LogP contribution in [-0.2, 0) is 19.6 Å².